The second-order valence-electron chi connectivity index (χ2n) is 4.90. The fraction of sp³-hybridized carbons (Fsp3) is 0.462. The van der Waals surface area contributed by atoms with Crippen LogP contribution in [0.15, 0.2) is 29.2 Å². The molecule has 1 amide bonds. The number of carbonyl (C=O) groups excluding carboxylic acids is 1. The first-order valence-electron chi connectivity index (χ1n) is 6.24. The number of hydrogen-bond donors (Lipinski definition) is 2. The molecule has 6 nitrogen and oxygen atoms in total. The van der Waals surface area contributed by atoms with Crippen LogP contribution in [-0.2, 0) is 24.8 Å². The number of benzene rings is 1. The molecule has 1 heterocycles. The number of nitrogens with one attached hydrogen (secondary N) is 1. The number of hydrogen-bond acceptors (Lipinski definition) is 5. The Bertz CT molecular complexity index is 605. The second kappa shape index (κ2) is 5.51. The monoisotopic (exact) mass is 299 g/mol. The van der Waals surface area contributed by atoms with Crippen molar-refractivity contribution in [2.24, 2.45) is 0 Å². The highest BCUT2D eigenvalue weighted by atomic mass is 32.2. The lowest BCUT2D eigenvalue weighted by Crippen LogP contribution is -2.47. The quantitative estimate of drug-likeness (QED) is 0.631. The molecule has 2 N–H and O–H groups in total. The Labute approximate surface area is 117 Å². The summed E-state index contributed by atoms with van der Waals surface area (Å²) in [4.78, 5) is 12.3. The molecule has 0 radical (unpaired) electrons. The first kappa shape index (κ1) is 15.0. The number of ether oxygens (including phenoxy) is 1. The highest BCUT2D eigenvalue weighted by Crippen LogP contribution is 2.38. The number of amides is 1. The highest BCUT2D eigenvalue weighted by molar-refractivity contribution is 7.90. The van der Waals surface area contributed by atoms with E-state index in [1.54, 1.807) is 23.7 Å². The lowest BCUT2D eigenvalue weighted by atomic mass is 9.73. The average molecular weight is 299 g/mol. The molecule has 7 heteroatoms. The van der Waals surface area contributed by atoms with Crippen LogP contribution < -0.4 is 5.48 Å². The maximum absolute atomic E-state index is 12.2. The van der Waals surface area contributed by atoms with Crippen molar-refractivity contribution in [2.45, 2.75) is 23.2 Å². The van der Waals surface area contributed by atoms with E-state index in [0.717, 1.165) is 6.26 Å². The number of hydroxylamine groups is 1. The van der Waals surface area contributed by atoms with E-state index >= 15 is 0 Å². The molecule has 20 heavy (non-hydrogen) atoms. The Balaban J connectivity index is 2.64. The van der Waals surface area contributed by atoms with Gasteiger partial charge in [-0.05, 0) is 24.5 Å². The second-order valence-corrected chi connectivity index (χ2v) is 6.89. The molecular weight excluding hydrogens is 282 g/mol. The summed E-state index contributed by atoms with van der Waals surface area (Å²) in [5.74, 6) is -0.600. The number of rotatable bonds is 3. The lowest BCUT2D eigenvalue weighted by molar-refractivity contribution is -0.139. The van der Waals surface area contributed by atoms with Crippen LogP contribution in [0.1, 0.15) is 18.4 Å². The molecule has 1 saturated heterocycles. The van der Waals surface area contributed by atoms with Gasteiger partial charge in [-0.25, -0.2) is 13.9 Å². The van der Waals surface area contributed by atoms with Crippen molar-refractivity contribution in [2.75, 3.05) is 19.5 Å². The van der Waals surface area contributed by atoms with Gasteiger partial charge in [0.1, 0.15) is 0 Å². The van der Waals surface area contributed by atoms with Crippen molar-refractivity contribution >= 4 is 15.7 Å². The lowest BCUT2D eigenvalue weighted by Gasteiger charge is -2.36. The molecule has 0 saturated carbocycles. The Morgan fingerprint density at radius 1 is 1.30 bits per heavy atom. The molecular formula is C13H17NO5S. The van der Waals surface area contributed by atoms with Crippen LogP contribution in [0.25, 0.3) is 0 Å². The van der Waals surface area contributed by atoms with Crippen LogP contribution in [0.3, 0.4) is 0 Å². The van der Waals surface area contributed by atoms with E-state index in [1.165, 1.54) is 6.07 Å². The molecule has 1 aliphatic rings. The summed E-state index contributed by atoms with van der Waals surface area (Å²) in [7, 11) is -3.47. The summed E-state index contributed by atoms with van der Waals surface area (Å²) in [5, 5.41) is 9.02. The van der Waals surface area contributed by atoms with Crippen LogP contribution in [0.4, 0.5) is 0 Å². The van der Waals surface area contributed by atoms with E-state index in [-0.39, 0.29) is 4.90 Å². The Hall–Kier alpha value is -1.44. The summed E-state index contributed by atoms with van der Waals surface area (Å²) in [6.07, 6.45) is 1.76. The molecule has 0 aromatic heterocycles. The molecule has 0 atom stereocenters. The van der Waals surface area contributed by atoms with Crippen LogP contribution >= 0.6 is 0 Å². The Morgan fingerprint density at radius 3 is 2.45 bits per heavy atom. The van der Waals surface area contributed by atoms with E-state index in [2.05, 4.69) is 0 Å². The zero-order valence-corrected chi connectivity index (χ0v) is 11.9. The molecule has 0 unspecified atom stereocenters. The van der Waals surface area contributed by atoms with Crippen molar-refractivity contribution < 1.29 is 23.2 Å². The minimum Gasteiger partial charge on any atom is -0.381 e. The van der Waals surface area contributed by atoms with Crippen molar-refractivity contribution in [3.8, 4) is 0 Å². The summed E-state index contributed by atoms with van der Waals surface area (Å²) in [6.45, 7) is 0.678. The fourth-order valence-electron chi connectivity index (χ4n) is 2.63. The van der Waals surface area contributed by atoms with Gasteiger partial charge in [0.05, 0.1) is 10.3 Å². The zero-order chi connectivity index (χ0) is 14.8. The SMILES string of the molecule is CS(=O)(=O)c1ccccc1C1(C(=O)NO)CCOCC1. The van der Waals surface area contributed by atoms with Gasteiger partial charge >= 0.3 is 0 Å². The van der Waals surface area contributed by atoms with Gasteiger partial charge in [-0.3, -0.25) is 10.0 Å². The third-order valence-electron chi connectivity index (χ3n) is 3.68. The summed E-state index contributed by atoms with van der Waals surface area (Å²) < 4.78 is 29.1. The zero-order valence-electron chi connectivity index (χ0n) is 11.1. The Kier molecular flexibility index (Phi) is 4.12. The molecule has 1 aliphatic heterocycles. The topological polar surface area (TPSA) is 92.7 Å². The van der Waals surface area contributed by atoms with Gasteiger partial charge in [0.2, 0.25) is 0 Å². The van der Waals surface area contributed by atoms with Gasteiger partial charge in [-0.1, -0.05) is 18.2 Å². The van der Waals surface area contributed by atoms with E-state index < -0.39 is 21.2 Å². The van der Waals surface area contributed by atoms with Gasteiger partial charge in [0.25, 0.3) is 5.91 Å². The van der Waals surface area contributed by atoms with Crippen molar-refractivity contribution in [3.05, 3.63) is 29.8 Å². The van der Waals surface area contributed by atoms with Gasteiger partial charge in [0.15, 0.2) is 9.84 Å². The highest BCUT2D eigenvalue weighted by Gasteiger charge is 2.44. The van der Waals surface area contributed by atoms with Crippen LogP contribution in [0.5, 0.6) is 0 Å². The summed E-state index contributed by atoms with van der Waals surface area (Å²) in [5.41, 5.74) is 1.00. The number of carbonyl (C=O) groups is 1. The van der Waals surface area contributed by atoms with Gasteiger partial charge in [0, 0.05) is 19.5 Å². The molecule has 0 spiro atoms. The maximum Gasteiger partial charge on any atom is 0.254 e. The first-order valence-corrected chi connectivity index (χ1v) is 8.13. The predicted octanol–water partition coefficient (Wildman–Crippen LogP) is 0.644. The normalized spacial score (nSPS) is 18.5. The van der Waals surface area contributed by atoms with E-state index in [1.807, 2.05) is 0 Å². The molecule has 110 valence electrons. The van der Waals surface area contributed by atoms with E-state index in [9.17, 15) is 13.2 Å². The molecule has 1 fully saturated rings. The molecule has 2 rings (SSSR count). The van der Waals surface area contributed by atoms with E-state index in [0.29, 0.717) is 31.6 Å². The van der Waals surface area contributed by atoms with Crippen molar-refractivity contribution in [1.29, 1.82) is 0 Å². The molecule has 1 aromatic rings. The Morgan fingerprint density at radius 2 is 1.90 bits per heavy atom. The third-order valence-corrected chi connectivity index (χ3v) is 4.84. The minimum atomic E-state index is -3.47. The van der Waals surface area contributed by atoms with Crippen molar-refractivity contribution in [3.63, 3.8) is 0 Å². The van der Waals surface area contributed by atoms with Crippen molar-refractivity contribution in [1.82, 2.24) is 5.48 Å². The summed E-state index contributed by atoms with van der Waals surface area (Å²) in [6, 6.07) is 6.40. The fourth-order valence-corrected chi connectivity index (χ4v) is 3.62. The molecule has 0 bridgehead atoms. The van der Waals surface area contributed by atoms with Gasteiger partial charge in [-0.2, -0.15) is 0 Å². The third kappa shape index (κ3) is 2.56. The predicted molar refractivity (Wildman–Crippen MR) is 71.2 cm³/mol. The van der Waals surface area contributed by atoms with Gasteiger partial charge in [-0.15, -0.1) is 0 Å². The number of sulfone groups is 1. The minimum absolute atomic E-state index is 0.116. The summed E-state index contributed by atoms with van der Waals surface area (Å²) >= 11 is 0. The largest absolute Gasteiger partial charge is 0.381 e. The molecule has 1 aromatic carbocycles. The maximum atomic E-state index is 12.2. The van der Waals surface area contributed by atoms with Crippen LogP contribution in [0.2, 0.25) is 0 Å². The van der Waals surface area contributed by atoms with Gasteiger partial charge < -0.3 is 4.74 Å². The van der Waals surface area contributed by atoms with Crippen LogP contribution in [0, 0.1) is 0 Å². The first-order chi connectivity index (χ1) is 9.42. The smallest absolute Gasteiger partial charge is 0.254 e. The average Bonchev–Trinajstić information content (AvgIpc) is 2.46. The molecule has 0 aliphatic carbocycles. The van der Waals surface area contributed by atoms with E-state index in [4.69, 9.17) is 9.94 Å². The standard InChI is InChI=1S/C13H17NO5S/c1-20(17,18)11-5-3-2-4-10(11)13(12(15)14-16)6-8-19-9-7-13/h2-5,16H,6-9H2,1H3,(H,14,15). The van der Waals surface area contributed by atoms with Crippen LogP contribution in [-0.4, -0.2) is 39.0 Å².